The highest BCUT2D eigenvalue weighted by Gasteiger charge is 2.18. The number of hydrogen-bond acceptors (Lipinski definition) is 3. The van der Waals surface area contributed by atoms with Gasteiger partial charge in [-0.3, -0.25) is 4.98 Å². The number of rotatable bonds is 3. The zero-order valence-electron chi connectivity index (χ0n) is 12.0. The molecule has 1 aromatic carbocycles. The van der Waals surface area contributed by atoms with E-state index in [0.717, 1.165) is 16.8 Å². The highest BCUT2D eigenvalue weighted by molar-refractivity contribution is 5.92. The first-order valence-corrected chi connectivity index (χ1v) is 6.35. The highest BCUT2D eigenvalue weighted by Crippen LogP contribution is 2.30. The van der Waals surface area contributed by atoms with Gasteiger partial charge in [0.2, 0.25) is 0 Å². The van der Waals surface area contributed by atoms with Gasteiger partial charge in [-0.2, -0.15) is 0 Å². The van der Waals surface area contributed by atoms with Gasteiger partial charge in [-0.05, 0) is 44.9 Å². The number of carboxylic acids is 1. The first-order chi connectivity index (χ1) is 9.38. The molecule has 2 rings (SSSR count). The molecule has 2 aromatic rings. The Bertz CT molecular complexity index is 678. The predicted molar refractivity (Wildman–Crippen MR) is 76.7 cm³/mol. The number of aromatic carboxylic acids is 1. The molecule has 0 fully saturated rings. The number of carbonyl (C=O) groups is 1. The van der Waals surface area contributed by atoms with Gasteiger partial charge in [-0.25, -0.2) is 4.79 Å². The van der Waals surface area contributed by atoms with Crippen molar-refractivity contribution in [3.63, 3.8) is 0 Å². The molecule has 0 spiro atoms. The third-order valence-electron chi connectivity index (χ3n) is 3.07. The van der Waals surface area contributed by atoms with Crippen LogP contribution in [0.3, 0.4) is 0 Å². The zero-order chi connectivity index (χ0) is 14.9. The van der Waals surface area contributed by atoms with Gasteiger partial charge in [0, 0.05) is 11.8 Å². The molecular formula is C16H17NO3. The Morgan fingerprint density at radius 2 is 1.80 bits per heavy atom. The molecule has 4 heteroatoms. The molecule has 0 amide bonds. The molecule has 4 nitrogen and oxygen atoms in total. The number of nitrogens with zero attached hydrogens (tertiary/aromatic N) is 1. The molecule has 1 aromatic heterocycles. The summed E-state index contributed by atoms with van der Waals surface area (Å²) < 4.78 is 5.82. The van der Waals surface area contributed by atoms with Crippen molar-refractivity contribution in [1.29, 1.82) is 0 Å². The summed E-state index contributed by atoms with van der Waals surface area (Å²) in [6, 6.07) is 7.49. The lowest BCUT2D eigenvalue weighted by atomic mass is 10.1. The second-order valence-electron chi connectivity index (χ2n) is 4.90. The third-order valence-corrected chi connectivity index (χ3v) is 3.07. The number of aryl methyl sites for hydroxylation is 4. The van der Waals surface area contributed by atoms with Crippen LogP contribution >= 0.6 is 0 Å². The summed E-state index contributed by atoms with van der Waals surface area (Å²) in [6.45, 7) is 7.38. The molecule has 0 saturated heterocycles. The summed E-state index contributed by atoms with van der Waals surface area (Å²) in [7, 11) is 0. The van der Waals surface area contributed by atoms with E-state index < -0.39 is 5.97 Å². The summed E-state index contributed by atoms with van der Waals surface area (Å²) in [5, 5.41) is 9.32. The van der Waals surface area contributed by atoms with E-state index in [1.807, 2.05) is 39.0 Å². The van der Waals surface area contributed by atoms with Crippen LogP contribution in [0.2, 0.25) is 0 Å². The Morgan fingerprint density at radius 1 is 1.10 bits per heavy atom. The van der Waals surface area contributed by atoms with Crippen LogP contribution < -0.4 is 4.74 Å². The molecule has 0 unspecified atom stereocenters. The first kappa shape index (κ1) is 14.1. The number of benzene rings is 1. The topological polar surface area (TPSA) is 59.4 Å². The van der Waals surface area contributed by atoms with Crippen LogP contribution in [0.1, 0.15) is 32.9 Å². The number of pyridine rings is 1. The lowest BCUT2D eigenvalue weighted by Gasteiger charge is -2.13. The van der Waals surface area contributed by atoms with E-state index >= 15 is 0 Å². The van der Waals surface area contributed by atoms with Crippen molar-refractivity contribution in [2.75, 3.05) is 0 Å². The molecule has 0 aliphatic rings. The van der Waals surface area contributed by atoms with Crippen LogP contribution in [-0.4, -0.2) is 16.1 Å². The second-order valence-corrected chi connectivity index (χ2v) is 4.90. The summed E-state index contributed by atoms with van der Waals surface area (Å²) >= 11 is 0. The minimum atomic E-state index is -1.03. The van der Waals surface area contributed by atoms with Crippen molar-refractivity contribution in [3.05, 3.63) is 52.3 Å². The second kappa shape index (κ2) is 5.33. The maximum absolute atomic E-state index is 11.4. The number of carboxylic acid groups (broad SMARTS) is 1. The van der Waals surface area contributed by atoms with Crippen LogP contribution in [-0.2, 0) is 0 Å². The van der Waals surface area contributed by atoms with Crippen molar-refractivity contribution in [1.82, 2.24) is 4.98 Å². The van der Waals surface area contributed by atoms with Crippen molar-refractivity contribution in [2.24, 2.45) is 0 Å². The highest BCUT2D eigenvalue weighted by atomic mass is 16.5. The number of aromatic nitrogens is 1. The van der Waals surface area contributed by atoms with Gasteiger partial charge in [-0.15, -0.1) is 0 Å². The molecule has 0 radical (unpaired) electrons. The van der Waals surface area contributed by atoms with Gasteiger partial charge < -0.3 is 9.84 Å². The van der Waals surface area contributed by atoms with Gasteiger partial charge in [0.05, 0.1) is 5.69 Å². The summed E-state index contributed by atoms with van der Waals surface area (Å²) in [5.74, 6) is -0.0380. The first-order valence-electron chi connectivity index (χ1n) is 6.35. The monoisotopic (exact) mass is 271 g/mol. The average Bonchev–Trinajstić information content (AvgIpc) is 2.32. The molecule has 20 heavy (non-hydrogen) atoms. The van der Waals surface area contributed by atoms with E-state index in [9.17, 15) is 9.90 Å². The standard InChI is InChI=1S/C16H17NO3/c1-9-5-6-10(2)13(7-9)20-14-8-11(3)17-12(4)15(14)16(18)19/h5-8H,1-4H3,(H,18,19). The summed E-state index contributed by atoms with van der Waals surface area (Å²) in [5.41, 5.74) is 3.31. The molecule has 1 N–H and O–H groups in total. The van der Waals surface area contributed by atoms with Crippen molar-refractivity contribution in [3.8, 4) is 11.5 Å². The Labute approximate surface area is 118 Å². The van der Waals surface area contributed by atoms with E-state index in [2.05, 4.69) is 4.98 Å². The van der Waals surface area contributed by atoms with Crippen LogP contribution in [0, 0.1) is 27.7 Å². The Morgan fingerprint density at radius 3 is 2.45 bits per heavy atom. The fourth-order valence-electron chi connectivity index (χ4n) is 2.07. The molecule has 104 valence electrons. The lowest BCUT2D eigenvalue weighted by molar-refractivity contribution is 0.0692. The quantitative estimate of drug-likeness (QED) is 0.922. The zero-order valence-corrected chi connectivity index (χ0v) is 12.0. The maximum Gasteiger partial charge on any atom is 0.341 e. The molecule has 0 atom stereocenters. The van der Waals surface area contributed by atoms with E-state index in [0.29, 0.717) is 17.2 Å². The summed E-state index contributed by atoms with van der Waals surface area (Å²) in [6.07, 6.45) is 0. The number of ether oxygens (including phenoxy) is 1. The minimum absolute atomic E-state index is 0.108. The molecular weight excluding hydrogens is 254 g/mol. The Hall–Kier alpha value is -2.36. The van der Waals surface area contributed by atoms with E-state index in [1.165, 1.54) is 0 Å². The predicted octanol–water partition coefficient (Wildman–Crippen LogP) is 3.81. The smallest absolute Gasteiger partial charge is 0.341 e. The van der Waals surface area contributed by atoms with Crippen LogP contribution in [0.25, 0.3) is 0 Å². The fraction of sp³-hybridized carbons (Fsp3) is 0.250. The van der Waals surface area contributed by atoms with Crippen molar-refractivity contribution >= 4 is 5.97 Å². The average molecular weight is 271 g/mol. The van der Waals surface area contributed by atoms with Crippen molar-refractivity contribution in [2.45, 2.75) is 27.7 Å². The van der Waals surface area contributed by atoms with Gasteiger partial charge in [0.1, 0.15) is 17.1 Å². The SMILES string of the molecule is Cc1ccc(C)c(Oc2cc(C)nc(C)c2C(=O)O)c1. The van der Waals surface area contributed by atoms with Gasteiger partial charge in [-0.1, -0.05) is 12.1 Å². The van der Waals surface area contributed by atoms with E-state index in [1.54, 1.807) is 13.0 Å². The fourth-order valence-corrected chi connectivity index (χ4v) is 2.07. The van der Waals surface area contributed by atoms with Crippen LogP contribution in [0.5, 0.6) is 11.5 Å². The van der Waals surface area contributed by atoms with Crippen LogP contribution in [0.4, 0.5) is 0 Å². The normalized spacial score (nSPS) is 10.4. The van der Waals surface area contributed by atoms with E-state index in [4.69, 9.17) is 4.74 Å². The Balaban J connectivity index is 2.53. The lowest BCUT2D eigenvalue weighted by Crippen LogP contribution is -2.06. The van der Waals surface area contributed by atoms with E-state index in [-0.39, 0.29) is 5.56 Å². The summed E-state index contributed by atoms with van der Waals surface area (Å²) in [4.78, 5) is 15.6. The van der Waals surface area contributed by atoms with Gasteiger partial charge in [0.25, 0.3) is 0 Å². The minimum Gasteiger partial charge on any atom is -0.477 e. The molecule has 0 bridgehead atoms. The number of hydrogen-bond donors (Lipinski definition) is 1. The van der Waals surface area contributed by atoms with Gasteiger partial charge >= 0.3 is 5.97 Å². The largest absolute Gasteiger partial charge is 0.477 e. The molecule has 0 aliphatic heterocycles. The Kier molecular flexibility index (Phi) is 3.74. The molecule has 0 aliphatic carbocycles. The molecule has 1 heterocycles. The third kappa shape index (κ3) is 2.79. The molecule has 0 saturated carbocycles. The maximum atomic E-state index is 11.4. The van der Waals surface area contributed by atoms with Crippen LogP contribution in [0.15, 0.2) is 24.3 Å². The van der Waals surface area contributed by atoms with Crippen molar-refractivity contribution < 1.29 is 14.6 Å². The van der Waals surface area contributed by atoms with Gasteiger partial charge in [0.15, 0.2) is 0 Å².